The second-order valence-corrected chi connectivity index (χ2v) is 4.86. The first-order chi connectivity index (χ1) is 8.68. The molecule has 0 atom stereocenters. The van der Waals surface area contributed by atoms with Crippen LogP contribution >= 0.6 is 11.3 Å². The Balaban J connectivity index is 2.25. The van der Waals surface area contributed by atoms with Crippen molar-refractivity contribution in [3.8, 4) is 0 Å². The molecule has 0 saturated heterocycles. The highest BCUT2D eigenvalue weighted by molar-refractivity contribution is 7.12. The molecule has 0 amide bonds. The maximum atomic E-state index is 13.7. The van der Waals surface area contributed by atoms with E-state index in [0.29, 0.717) is 21.5 Å². The lowest BCUT2D eigenvalue weighted by atomic mass is 10.2. The van der Waals surface area contributed by atoms with E-state index in [2.05, 4.69) is 5.10 Å². The maximum Gasteiger partial charge on any atom is 0.288 e. The molecule has 0 saturated carbocycles. The van der Waals surface area contributed by atoms with Gasteiger partial charge in [0.2, 0.25) is 0 Å². The number of hydrogen-bond donors (Lipinski definition) is 0. The van der Waals surface area contributed by atoms with Crippen molar-refractivity contribution in [1.29, 1.82) is 0 Å². The van der Waals surface area contributed by atoms with Gasteiger partial charge in [0.15, 0.2) is 0 Å². The summed E-state index contributed by atoms with van der Waals surface area (Å²) in [6.45, 7) is 1.70. The highest BCUT2D eigenvalue weighted by Gasteiger charge is 2.17. The molecule has 0 fully saturated rings. The average molecular weight is 260 g/mol. The highest BCUT2D eigenvalue weighted by Crippen LogP contribution is 2.22. The summed E-state index contributed by atoms with van der Waals surface area (Å²) >= 11 is 1.34. The van der Waals surface area contributed by atoms with Crippen LogP contribution in [0.2, 0.25) is 0 Å². The molecule has 2 aromatic heterocycles. The molecule has 0 unspecified atom stereocenters. The topological polar surface area (TPSA) is 34.9 Å². The van der Waals surface area contributed by atoms with Gasteiger partial charge in [-0.3, -0.25) is 4.79 Å². The summed E-state index contributed by atoms with van der Waals surface area (Å²) in [5.41, 5.74) is 1.03. The van der Waals surface area contributed by atoms with E-state index in [0.717, 1.165) is 0 Å². The van der Waals surface area contributed by atoms with Crippen LogP contribution in [0.25, 0.3) is 10.9 Å². The number of hydrogen-bond acceptors (Lipinski definition) is 3. The number of thiophene rings is 1. The zero-order valence-corrected chi connectivity index (χ0v) is 10.4. The molecule has 0 radical (unpaired) electrons. The predicted molar refractivity (Wildman–Crippen MR) is 68.5 cm³/mol. The summed E-state index contributed by atoms with van der Waals surface area (Å²) in [4.78, 5) is 12.8. The van der Waals surface area contributed by atoms with Crippen molar-refractivity contribution in [3.63, 3.8) is 0 Å². The summed E-state index contributed by atoms with van der Waals surface area (Å²) in [5.74, 6) is -0.580. The number of nitrogens with zero attached hydrogens (tertiary/aromatic N) is 2. The number of aryl methyl sites for hydroxylation is 1. The summed E-state index contributed by atoms with van der Waals surface area (Å²) in [6, 6.07) is 8.18. The number of halogens is 1. The van der Waals surface area contributed by atoms with Crippen molar-refractivity contribution in [2.45, 2.75) is 6.92 Å². The SMILES string of the molecule is Cc1nn(C(=O)c2cccs2)c2cccc(F)c12. The van der Waals surface area contributed by atoms with E-state index in [9.17, 15) is 9.18 Å². The molecule has 0 aliphatic rings. The second-order valence-electron chi connectivity index (χ2n) is 3.91. The summed E-state index contributed by atoms with van der Waals surface area (Å²) in [6.07, 6.45) is 0. The van der Waals surface area contributed by atoms with Gasteiger partial charge in [-0.05, 0) is 30.5 Å². The number of fused-ring (bicyclic) bond motifs is 1. The summed E-state index contributed by atoms with van der Waals surface area (Å²) in [7, 11) is 0. The molecule has 3 rings (SSSR count). The summed E-state index contributed by atoms with van der Waals surface area (Å²) in [5, 5.41) is 6.37. The second kappa shape index (κ2) is 4.03. The van der Waals surface area contributed by atoms with Crippen LogP contribution in [0, 0.1) is 12.7 Å². The van der Waals surface area contributed by atoms with E-state index in [1.807, 2.05) is 5.38 Å². The Morgan fingerprint density at radius 2 is 2.17 bits per heavy atom. The lowest BCUT2D eigenvalue weighted by Gasteiger charge is -1.99. The largest absolute Gasteiger partial charge is 0.288 e. The molecule has 3 nitrogen and oxygen atoms in total. The van der Waals surface area contributed by atoms with Crippen LogP contribution in [0.1, 0.15) is 15.4 Å². The van der Waals surface area contributed by atoms with Gasteiger partial charge in [0.25, 0.3) is 5.91 Å². The molecule has 18 heavy (non-hydrogen) atoms. The lowest BCUT2D eigenvalue weighted by Crippen LogP contribution is -2.12. The minimum absolute atomic E-state index is 0.228. The molecular weight excluding hydrogens is 251 g/mol. The van der Waals surface area contributed by atoms with E-state index >= 15 is 0 Å². The standard InChI is InChI=1S/C13H9FN2OS/c1-8-12-9(14)4-2-5-10(12)16(15-8)13(17)11-6-3-7-18-11/h2-7H,1H3. The Morgan fingerprint density at radius 1 is 1.33 bits per heavy atom. The van der Waals surface area contributed by atoms with Gasteiger partial charge in [0.05, 0.1) is 21.5 Å². The van der Waals surface area contributed by atoms with E-state index in [-0.39, 0.29) is 11.7 Å². The molecule has 0 N–H and O–H groups in total. The quantitative estimate of drug-likeness (QED) is 0.673. The maximum absolute atomic E-state index is 13.7. The van der Waals surface area contributed by atoms with Crippen LogP contribution < -0.4 is 0 Å². The average Bonchev–Trinajstić information content (AvgIpc) is 2.97. The van der Waals surface area contributed by atoms with Gasteiger partial charge in [-0.2, -0.15) is 9.78 Å². The van der Waals surface area contributed by atoms with Crippen LogP contribution in [0.3, 0.4) is 0 Å². The van der Waals surface area contributed by atoms with Crippen molar-refractivity contribution in [1.82, 2.24) is 9.78 Å². The molecule has 0 aliphatic heterocycles. The monoisotopic (exact) mass is 260 g/mol. The van der Waals surface area contributed by atoms with E-state index in [4.69, 9.17) is 0 Å². The fraction of sp³-hybridized carbons (Fsp3) is 0.0769. The lowest BCUT2D eigenvalue weighted by molar-refractivity contribution is 0.0954. The van der Waals surface area contributed by atoms with Crippen LogP contribution in [-0.4, -0.2) is 15.7 Å². The Morgan fingerprint density at radius 3 is 2.89 bits per heavy atom. The van der Waals surface area contributed by atoms with Crippen molar-refractivity contribution >= 4 is 28.1 Å². The normalized spacial score (nSPS) is 11.0. The zero-order chi connectivity index (χ0) is 12.7. The smallest absolute Gasteiger partial charge is 0.266 e. The van der Waals surface area contributed by atoms with Crippen LogP contribution in [0.15, 0.2) is 35.7 Å². The van der Waals surface area contributed by atoms with Crippen LogP contribution in [-0.2, 0) is 0 Å². The van der Waals surface area contributed by atoms with Crippen LogP contribution in [0.5, 0.6) is 0 Å². The molecule has 3 aromatic rings. The molecule has 90 valence electrons. The third kappa shape index (κ3) is 1.55. The zero-order valence-electron chi connectivity index (χ0n) is 9.55. The van der Waals surface area contributed by atoms with Gasteiger partial charge in [-0.15, -0.1) is 11.3 Å². The number of benzene rings is 1. The van der Waals surface area contributed by atoms with Gasteiger partial charge in [-0.1, -0.05) is 12.1 Å². The molecule has 0 bridgehead atoms. The van der Waals surface area contributed by atoms with E-state index in [1.54, 1.807) is 31.2 Å². The third-order valence-corrected chi connectivity index (χ3v) is 3.61. The Hall–Kier alpha value is -2.01. The molecule has 5 heteroatoms. The van der Waals surface area contributed by atoms with E-state index < -0.39 is 0 Å². The molecular formula is C13H9FN2OS. The first kappa shape index (κ1) is 11.1. The molecule has 0 aliphatic carbocycles. The van der Waals surface area contributed by atoms with Crippen molar-refractivity contribution in [3.05, 3.63) is 52.1 Å². The number of rotatable bonds is 1. The fourth-order valence-corrected chi connectivity index (χ4v) is 2.61. The Bertz CT molecular complexity index is 731. The minimum Gasteiger partial charge on any atom is -0.266 e. The van der Waals surface area contributed by atoms with Gasteiger partial charge in [-0.25, -0.2) is 4.39 Å². The molecule has 2 heterocycles. The predicted octanol–water partition coefficient (Wildman–Crippen LogP) is 3.23. The van der Waals surface area contributed by atoms with Gasteiger partial charge >= 0.3 is 0 Å². The number of carbonyl (C=O) groups is 1. The van der Waals surface area contributed by atoms with Crippen LogP contribution in [0.4, 0.5) is 4.39 Å². The minimum atomic E-state index is -0.352. The highest BCUT2D eigenvalue weighted by atomic mass is 32.1. The number of aromatic nitrogens is 2. The van der Waals surface area contributed by atoms with Crippen molar-refractivity contribution in [2.75, 3.05) is 0 Å². The molecule has 1 aromatic carbocycles. The van der Waals surface area contributed by atoms with Gasteiger partial charge in [0.1, 0.15) is 5.82 Å². The summed E-state index contributed by atoms with van der Waals surface area (Å²) < 4.78 is 15.0. The van der Waals surface area contributed by atoms with Crippen molar-refractivity contribution in [2.24, 2.45) is 0 Å². The first-order valence-corrected chi connectivity index (χ1v) is 6.28. The number of carbonyl (C=O) groups excluding carboxylic acids is 1. The third-order valence-electron chi connectivity index (χ3n) is 2.76. The Kier molecular flexibility index (Phi) is 2.48. The fourth-order valence-electron chi connectivity index (χ4n) is 1.96. The van der Waals surface area contributed by atoms with Crippen molar-refractivity contribution < 1.29 is 9.18 Å². The van der Waals surface area contributed by atoms with Gasteiger partial charge in [0, 0.05) is 0 Å². The van der Waals surface area contributed by atoms with Gasteiger partial charge < -0.3 is 0 Å². The molecule has 0 spiro atoms. The Labute approximate surface area is 106 Å². The first-order valence-electron chi connectivity index (χ1n) is 5.40. The van der Waals surface area contributed by atoms with E-state index in [1.165, 1.54) is 22.1 Å².